The Morgan fingerprint density at radius 1 is 1.22 bits per heavy atom. The fourth-order valence-electron chi connectivity index (χ4n) is 2.59. The Morgan fingerprint density at radius 2 is 2.00 bits per heavy atom. The Hall–Kier alpha value is -2.44. The number of aromatic nitrogens is 2. The quantitative estimate of drug-likeness (QED) is 0.417. The molecule has 7 heteroatoms. The average Bonchev–Trinajstić information content (AvgIpc) is 3.10. The lowest BCUT2D eigenvalue weighted by Gasteiger charge is -2.12. The highest BCUT2D eigenvalue weighted by atomic mass is 35.5. The maximum atomic E-state index is 11.8. The summed E-state index contributed by atoms with van der Waals surface area (Å²) in [4.78, 5) is 16.3. The van der Waals surface area contributed by atoms with Crippen LogP contribution in [-0.4, -0.2) is 35.0 Å². The van der Waals surface area contributed by atoms with E-state index in [0.717, 1.165) is 22.7 Å². The highest BCUT2D eigenvalue weighted by Crippen LogP contribution is 2.31. The van der Waals surface area contributed by atoms with Crippen LogP contribution < -0.4 is 4.74 Å². The van der Waals surface area contributed by atoms with Crippen molar-refractivity contribution in [3.63, 3.8) is 0 Å². The summed E-state index contributed by atoms with van der Waals surface area (Å²) in [6, 6.07) is 15.3. The molecule has 0 atom stereocenters. The monoisotopic (exact) mass is 402 g/mol. The van der Waals surface area contributed by atoms with Crippen LogP contribution in [0.4, 0.5) is 0 Å². The smallest absolute Gasteiger partial charge is 0.316 e. The molecule has 3 aromatic rings. The molecule has 0 saturated heterocycles. The molecule has 0 spiro atoms. The maximum Gasteiger partial charge on any atom is 0.316 e. The van der Waals surface area contributed by atoms with Crippen molar-refractivity contribution >= 4 is 29.3 Å². The number of thioether (sulfide) groups is 1. The number of rotatable bonds is 7. The summed E-state index contributed by atoms with van der Waals surface area (Å²) in [6.45, 7) is 2.15. The topological polar surface area (TPSA) is 53.4 Å². The van der Waals surface area contributed by atoms with Gasteiger partial charge in [-0.1, -0.05) is 29.4 Å². The minimum Gasteiger partial charge on any atom is -0.497 e. The molecule has 27 heavy (non-hydrogen) atoms. The fourth-order valence-corrected chi connectivity index (χ4v) is 3.57. The van der Waals surface area contributed by atoms with Crippen molar-refractivity contribution in [1.82, 2.24) is 9.55 Å². The first kappa shape index (κ1) is 19.3. The van der Waals surface area contributed by atoms with Gasteiger partial charge in [0.15, 0.2) is 5.16 Å². The summed E-state index contributed by atoms with van der Waals surface area (Å²) in [7, 11) is 1.63. The van der Waals surface area contributed by atoms with Crippen LogP contribution in [0.1, 0.15) is 6.92 Å². The number of methoxy groups -OCH3 is 1. The van der Waals surface area contributed by atoms with Gasteiger partial charge in [-0.15, -0.1) is 0 Å². The molecular formula is C20H19ClN2O3S. The van der Waals surface area contributed by atoms with Crippen molar-refractivity contribution in [2.24, 2.45) is 0 Å². The second-order valence-electron chi connectivity index (χ2n) is 5.56. The second-order valence-corrected chi connectivity index (χ2v) is 6.94. The zero-order valence-electron chi connectivity index (χ0n) is 15.0. The van der Waals surface area contributed by atoms with Crippen molar-refractivity contribution < 1.29 is 14.3 Å². The van der Waals surface area contributed by atoms with Crippen molar-refractivity contribution in [3.8, 4) is 22.7 Å². The maximum absolute atomic E-state index is 11.8. The first-order valence-electron chi connectivity index (χ1n) is 8.39. The molecule has 0 bridgehead atoms. The van der Waals surface area contributed by atoms with E-state index >= 15 is 0 Å². The molecule has 0 unspecified atom stereocenters. The molecule has 0 aliphatic rings. The molecule has 0 aliphatic heterocycles. The number of halogens is 1. The van der Waals surface area contributed by atoms with E-state index in [4.69, 9.17) is 21.1 Å². The summed E-state index contributed by atoms with van der Waals surface area (Å²) in [6.07, 6.45) is 1.79. The van der Waals surface area contributed by atoms with Gasteiger partial charge in [-0.3, -0.25) is 9.36 Å². The molecule has 2 aromatic carbocycles. The van der Waals surface area contributed by atoms with E-state index < -0.39 is 0 Å². The summed E-state index contributed by atoms with van der Waals surface area (Å²) in [5.74, 6) is 0.701. The van der Waals surface area contributed by atoms with Crippen LogP contribution in [0.3, 0.4) is 0 Å². The fraction of sp³-hybridized carbons (Fsp3) is 0.200. The van der Waals surface area contributed by atoms with E-state index in [-0.39, 0.29) is 11.7 Å². The molecule has 0 amide bonds. The number of nitrogens with zero attached hydrogens (tertiary/aromatic N) is 2. The number of imidazole rings is 1. The summed E-state index contributed by atoms with van der Waals surface area (Å²) in [5, 5.41) is 1.32. The standard InChI is InChI=1S/C20H19ClN2O3S/c1-3-26-19(24)13-27-20-22-12-18(14-7-9-17(25-2)10-8-14)23(20)16-6-4-5-15(21)11-16/h4-12H,3,13H2,1-2H3. The van der Waals surface area contributed by atoms with Crippen molar-refractivity contribution in [2.45, 2.75) is 12.1 Å². The molecule has 0 saturated carbocycles. The highest BCUT2D eigenvalue weighted by Gasteiger charge is 2.16. The van der Waals surface area contributed by atoms with Crippen molar-refractivity contribution in [1.29, 1.82) is 0 Å². The van der Waals surface area contributed by atoms with Crippen LogP contribution in [0.25, 0.3) is 16.9 Å². The van der Waals surface area contributed by atoms with Gasteiger partial charge in [0.25, 0.3) is 0 Å². The van der Waals surface area contributed by atoms with Gasteiger partial charge < -0.3 is 9.47 Å². The number of esters is 1. The second kappa shape index (κ2) is 8.97. The largest absolute Gasteiger partial charge is 0.497 e. The molecule has 0 aliphatic carbocycles. The number of hydrogen-bond acceptors (Lipinski definition) is 5. The van der Waals surface area contributed by atoms with Gasteiger partial charge in [-0.05, 0) is 49.4 Å². The van der Waals surface area contributed by atoms with Crippen LogP contribution in [0.5, 0.6) is 5.75 Å². The Balaban J connectivity index is 2.01. The molecule has 0 N–H and O–H groups in total. The summed E-state index contributed by atoms with van der Waals surface area (Å²) in [5.41, 5.74) is 2.75. The Bertz CT molecular complexity index is 925. The molecule has 140 valence electrons. The zero-order valence-corrected chi connectivity index (χ0v) is 16.6. The lowest BCUT2D eigenvalue weighted by Crippen LogP contribution is -2.08. The van der Waals surface area contributed by atoms with Gasteiger partial charge in [0.05, 0.1) is 31.4 Å². The number of ether oxygens (including phenoxy) is 2. The van der Waals surface area contributed by atoms with Crippen LogP contribution in [0.2, 0.25) is 5.02 Å². The van der Waals surface area contributed by atoms with Crippen LogP contribution >= 0.6 is 23.4 Å². The summed E-state index contributed by atoms with van der Waals surface area (Å²) >= 11 is 7.52. The van der Waals surface area contributed by atoms with E-state index in [1.807, 2.05) is 53.1 Å². The molecule has 0 fully saturated rings. The third-order valence-corrected chi connectivity index (χ3v) is 4.97. The first-order chi connectivity index (χ1) is 13.1. The van der Waals surface area contributed by atoms with Gasteiger partial charge in [0.2, 0.25) is 0 Å². The minimum absolute atomic E-state index is 0.188. The lowest BCUT2D eigenvalue weighted by atomic mass is 10.1. The number of carbonyl (C=O) groups excluding carboxylic acids is 1. The van der Waals surface area contributed by atoms with E-state index in [9.17, 15) is 4.79 Å². The van der Waals surface area contributed by atoms with Crippen molar-refractivity contribution in [2.75, 3.05) is 19.5 Å². The van der Waals surface area contributed by atoms with Gasteiger partial charge in [0, 0.05) is 16.3 Å². The van der Waals surface area contributed by atoms with Crippen LogP contribution in [0.15, 0.2) is 59.9 Å². The van der Waals surface area contributed by atoms with E-state index in [0.29, 0.717) is 16.8 Å². The van der Waals surface area contributed by atoms with Gasteiger partial charge in [-0.25, -0.2) is 4.98 Å². The van der Waals surface area contributed by atoms with E-state index in [1.165, 1.54) is 11.8 Å². The predicted octanol–water partition coefficient (Wildman–Crippen LogP) is 4.86. The van der Waals surface area contributed by atoms with E-state index in [2.05, 4.69) is 4.98 Å². The third-order valence-electron chi connectivity index (χ3n) is 3.81. The first-order valence-corrected chi connectivity index (χ1v) is 9.75. The predicted molar refractivity (Wildman–Crippen MR) is 108 cm³/mol. The highest BCUT2D eigenvalue weighted by molar-refractivity contribution is 7.99. The molecule has 1 heterocycles. The average molecular weight is 403 g/mol. The number of benzene rings is 2. The minimum atomic E-state index is -0.269. The van der Waals surface area contributed by atoms with Crippen molar-refractivity contribution in [3.05, 3.63) is 59.8 Å². The van der Waals surface area contributed by atoms with Crippen LogP contribution in [-0.2, 0) is 9.53 Å². The SMILES string of the molecule is CCOC(=O)CSc1ncc(-c2ccc(OC)cc2)n1-c1cccc(Cl)c1. The van der Waals surface area contributed by atoms with E-state index in [1.54, 1.807) is 20.2 Å². The van der Waals surface area contributed by atoms with Gasteiger partial charge in [-0.2, -0.15) is 0 Å². The zero-order chi connectivity index (χ0) is 19.2. The lowest BCUT2D eigenvalue weighted by molar-refractivity contribution is -0.139. The number of hydrogen-bond donors (Lipinski definition) is 0. The normalized spacial score (nSPS) is 10.6. The Morgan fingerprint density at radius 3 is 2.67 bits per heavy atom. The van der Waals surface area contributed by atoms with Crippen LogP contribution in [0, 0.1) is 0 Å². The molecule has 5 nitrogen and oxygen atoms in total. The van der Waals surface area contributed by atoms with Gasteiger partial charge >= 0.3 is 5.97 Å². The molecular weight excluding hydrogens is 384 g/mol. The summed E-state index contributed by atoms with van der Waals surface area (Å²) < 4.78 is 12.2. The molecule has 1 aromatic heterocycles. The number of carbonyl (C=O) groups is 1. The third kappa shape index (κ3) is 4.64. The molecule has 3 rings (SSSR count). The Labute approximate surface area is 167 Å². The molecule has 0 radical (unpaired) electrons. The Kier molecular flexibility index (Phi) is 6.42. The van der Waals surface area contributed by atoms with Gasteiger partial charge in [0.1, 0.15) is 5.75 Å².